The smallest absolute Gasteiger partial charge is 0.0727 e. The molecule has 0 fully saturated rings. The Bertz CT molecular complexity index is 2650. The van der Waals surface area contributed by atoms with E-state index in [4.69, 9.17) is 0 Å². The molecule has 0 saturated carbocycles. The van der Waals surface area contributed by atoms with Gasteiger partial charge < -0.3 is 4.90 Å². The van der Waals surface area contributed by atoms with Crippen molar-refractivity contribution >= 4 is 48.6 Å². The van der Waals surface area contributed by atoms with Crippen LogP contribution in [0.5, 0.6) is 0 Å². The topological polar surface area (TPSA) is 3.24 Å². The van der Waals surface area contributed by atoms with Crippen LogP contribution >= 0.6 is 11.3 Å². The lowest BCUT2D eigenvalue weighted by molar-refractivity contribution is 0.778. The maximum Gasteiger partial charge on any atom is 0.0727 e. The lowest BCUT2D eigenvalue weighted by Gasteiger charge is -2.34. The Morgan fingerprint density at radius 3 is 1.69 bits per heavy atom. The molecule has 0 spiro atoms. The summed E-state index contributed by atoms with van der Waals surface area (Å²) in [6.07, 6.45) is 0. The molecular weight excluding hydrogens is 635 g/mol. The van der Waals surface area contributed by atoms with Crippen molar-refractivity contribution in [1.29, 1.82) is 0 Å². The molecule has 0 amide bonds. The van der Waals surface area contributed by atoms with Crippen molar-refractivity contribution in [1.82, 2.24) is 0 Å². The van der Waals surface area contributed by atoms with Crippen LogP contribution in [0.1, 0.15) is 22.3 Å². The van der Waals surface area contributed by atoms with Gasteiger partial charge >= 0.3 is 0 Å². The zero-order valence-electron chi connectivity index (χ0n) is 27.9. The summed E-state index contributed by atoms with van der Waals surface area (Å²) in [5, 5.41) is 2.55. The van der Waals surface area contributed by atoms with E-state index in [0.29, 0.717) is 0 Å². The van der Waals surface area contributed by atoms with E-state index >= 15 is 0 Å². The SMILES string of the molecule is c1ccc(-c2cccc(N(c3ccccc3)c3cccc4sc5c(C6(c7ccccc7)c7ccccc7-c7ccccc76)cccc5c34)c2)cc1. The first-order chi connectivity index (χ1) is 25.3. The molecule has 1 aliphatic rings. The molecule has 1 nitrogen and oxygen atoms in total. The molecule has 51 heavy (non-hydrogen) atoms. The Balaban J connectivity index is 1.27. The Morgan fingerprint density at radius 2 is 0.961 bits per heavy atom. The van der Waals surface area contributed by atoms with Crippen LogP contribution < -0.4 is 4.90 Å². The highest BCUT2D eigenvalue weighted by Crippen LogP contribution is 2.58. The van der Waals surface area contributed by atoms with Gasteiger partial charge in [-0.2, -0.15) is 0 Å². The maximum atomic E-state index is 2.43. The predicted octanol–water partition coefficient (Wildman–Crippen LogP) is 13.6. The van der Waals surface area contributed by atoms with Crippen molar-refractivity contribution in [2.45, 2.75) is 5.41 Å². The zero-order chi connectivity index (χ0) is 33.8. The van der Waals surface area contributed by atoms with Crippen LogP contribution in [-0.2, 0) is 5.41 Å². The summed E-state index contributed by atoms with van der Waals surface area (Å²) in [5.74, 6) is 0. The average Bonchev–Trinajstić information content (AvgIpc) is 3.74. The van der Waals surface area contributed by atoms with E-state index in [1.165, 1.54) is 70.4 Å². The van der Waals surface area contributed by atoms with Gasteiger partial charge in [-0.05, 0) is 80.9 Å². The Kier molecular flexibility index (Phi) is 6.97. The fourth-order valence-electron chi connectivity index (χ4n) is 8.45. The number of rotatable bonds is 6. The third kappa shape index (κ3) is 4.54. The second-order valence-corrected chi connectivity index (χ2v) is 14.3. The van der Waals surface area contributed by atoms with Crippen LogP contribution in [0.3, 0.4) is 0 Å². The van der Waals surface area contributed by atoms with Gasteiger partial charge in [0.1, 0.15) is 0 Å². The second-order valence-electron chi connectivity index (χ2n) is 13.2. The van der Waals surface area contributed by atoms with E-state index in [2.05, 4.69) is 205 Å². The van der Waals surface area contributed by atoms with Crippen LogP contribution in [0.15, 0.2) is 200 Å². The number of fused-ring (bicyclic) bond motifs is 6. The van der Waals surface area contributed by atoms with E-state index in [0.717, 1.165) is 11.4 Å². The van der Waals surface area contributed by atoms with Gasteiger partial charge in [0.15, 0.2) is 0 Å². The summed E-state index contributed by atoms with van der Waals surface area (Å²) < 4.78 is 2.60. The molecule has 0 aliphatic heterocycles. The zero-order valence-corrected chi connectivity index (χ0v) is 28.7. The van der Waals surface area contributed by atoms with Gasteiger partial charge in [-0.3, -0.25) is 0 Å². The summed E-state index contributed by atoms with van der Waals surface area (Å²) >= 11 is 1.91. The molecule has 0 N–H and O–H groups in total. The molecule has 1 heterocycles. The van der Waals surface area contributed by atoms with Crippen LogP contribution in [-0.4, -0.2) is 0 Å². The fraction of sp³-hybridized carbons (Fsp3) is 0.0204. The molecule has 1 aromatic heterocycles. The number of benzene rings is 8. The minimum absolute atomic E-state index is 0.460. The number of hydrogen-bond donors (Lipinski definition) is 0. The molecule has 1 aliphatic carbocycles. The van der Waals surface area contributed by atoms with Crippen molar-refractivity contribution in [3.63, 3.8) is 0 Å². The van der Waals surface area contributed by atoms with Gasteiger partial charge in [0.2, 0.25) is 0 Å². The Labute approximate surface area is 302 Å². The highest BCUT2D eigenvalue weighted by atomic mass is 32.1. The Hall–Kier alpha value is -6.22. The van der Waals surface area contributed by atoms with Gasteiger partial charge in [0, 0.05) is 31.5 Å². The fourth-order valence-corrected chi connectivity index (χ4v) is 9.74. The van der Waals surface area contributed by atoms with Gasteiger partial charge in [0.25, 0.3) is 0 Å². The van der Waals surface area contributed by atoms with Crippen LogP contribution in [0.4, 0.5) is 17.1 Å². The van der Waals surface area contributed by atoms with E-state index in [1.54, 1.807) is 0 Å². The quantitative estimate of drug-likeness (QED) is 0.171. The standard InChI is InChI=1S/C49H33NS/c1-4-17-34(18-5-1)35-19-14-24-38(33-35)50(37-22-8-3-9-23-37)45-31-16-32-46-47(45)41-27-15-30-44(48(41)51-46)49(36-20-6-2-7-21-36)42-28-12-10-25-39(42)40-26-11-13-29-43(40)49/h1-33H. The monoisotopic (exact) mass is 667 g/mol. The predicted molar refractivity (Wildman–Crippen MR) is 217 cm³/mol. The van der Waals surface area contributed by atoms with Gasteiger partial charge in [-0.1, -0.05) is 164 Å². The maximum absolute atomic E-state index is 2.43. The van der Waals surface area contributed by atoms with E-state index in [9.17, 15) is 0 Å². The third-order valence-electron chi connectivity index (χ3n) is 10.5. The van der Waals surface area contributed by atoms with Crippen molar-refractivity contribution in [2.75, 3.05) is 4.90 Å². The van der Waals surface area contributed by atoms with Crippen molar-refractivity contribution in [3.05, 3.63) is 222 Å². The molecule has 2 heteroatoms. The van der Waals surface area contributed by atoms with Crippen LogP contribution in [0, 0.1) is 0 Å². The molecule has 240 valence electrons. The number of para-hydroxylation sites is 1. The lowest BCUT2D eigenvalue weighted by Crippen LogP contribution is -2.28. The first-order valence-corrected chi connectivity index (χ1v) is 18.3. The first kappa shape index (κ1) is 29.7. The number of nitrogens with zero attached hydrogens (tertiary/aromatic N) is 1. The summed E-state index contributed by atoms with van der Waals surface area (Å²) in [7, 11) is 0. The summed E-state index contributed by atoms with van der Waals surface area (Å²) in [4.78, 5) is 2.43. The van der Waals surface area contributed by atoms with Crippen LogP contribution in [0.25, 0.3) is 42.4 Å². The Morgan fingerprint density at radius 1 is 0.412 bits per heavy atom. The van der Waals surface area contributed by atoms with E-state index < -0.39 is 5.41 Å². The normalized spacial score (nSPS) is 12.9. The highest BCUT2D eigenvalue weighted by Gasteiger charge is 2.47. The molecule has 0 unspecified atom stereocenters. The molecule has 9 aromatic rings. The van der Waals surface area contributed by atoms with E-state index in [1.807, 2.05) is 11.3 Å². The van der Waals surface area contributed by atoms with Gasteiger partial charge in [-0.15, -0.1) is 11.3 Å². The minimum atomic E-state index is -0.460. The second kappa shape index (κ2) is 12.0. The van der Waals surface area contributed by atoms with E-state index in [-0.39, 0.29) is 0 Å². The largest absolute Gasteiger partial charge is 0.310 e. The molecular formula is C49H33NS. The van der Waals surface area contributed by atoms with Crippen LogP contribution in [0.2, 0.25) is 0 Å². The van der Waals surface area contributed by atoms with Crippen molar-refractivity contribution in [3.8, 4) is 22.3 Å². The summed E-state index contributed by atoms with van der Waals surface area (Å²) in [5.41, 5.74) is 13.3. The van der Waals surface area contributed by atoms with Crippen molar-refractivity contribution < 1.29 is 0 Å². The molecule has 0 saturated heterocycles. The lowest BCUT2D eigenvalue weighted by atomic mass is 9.67. The average molecular weight is 668 g/mol. The number of thiophene rings is 1. The molecule has 8 aromatic carbocycles. The highest BCUT2D eigenvalue weighted by molar-refractivity contribution is 7.26. The minimum Gasteiger partial charge on any atom is -0.310 e. The molecule has 0 radical (unpaired) electrons. The summed E-state index contributed by atoms with van der Waals surface area (Å²) in [6.45, 7) is 0. The number of hydrogen-bond acceptors (Lipinski definition) is 2. The first-order valence-electron chi connectivity index (χ1n) is 17.5. The van der Waals surface area contributed by atoms with Gasteiger partial charge in [-0.25, -0.2) is 0 Å². The van der Waals surface area contributed by atoms with Gasteiger partial charge in [0.05, 0.1) is 11.1 Å². The molecule has 0 bridgehead atoms. The summed E-state index contributed by atoms with van der Waals surface area (Å²) in [6, 6.07) is 73.3. The molecule has 0 atom stereocenters. The number of anilines is 3. The molecule has 10 rings (SSSR count). The van der Waals surface area contributed by atoms with Crippen molar-refractivity contribution in [2.24, 2.45) is 0 Å². The third-order valence-corrected chi connectivity index (χ3v) is 11.7.